The molecule has 0 amide bonds. The van der Waals surface area contributed by atoms with E-state index in [0.29, 0.717) is 27.7 Å². The van der Waals surface area contributed by atoms with Gasteiger partial charge in [-0.25, -0.2) is 0 Å². The Morgan fingerprint density at radius 1 is 1.12 bits per heavy atom. The van der Waals surface area contributed by atoms with Gasteiger partial charge in [-0.3, -0.25) is 4.79 Å². The zero-order valence-corrected chi connectivity index (χ0v) is 16.0. The Morgan fingerprint density at radius 2 is 1.80 bits per heavy atom. The molecule has 1 unspecified atom stereocenters. The zero-order chi connectivity index (χ0) is 18.0. The summed E-state index contributed by atoms with van der Waals surface area (Å²) in [6.45, 7) is 1.71. The molecule has 3 rings (SSSR count). The van der Waals surface area contributed by atoms with Crippen molar-refractivity contribution >= 4 is 27.1 Å². The Bertz CT molecular complexity index is 948. The van der Waals surface area contributed by atoms with Crippen molar-refractivity contribution in [1.82, 2.24) is 0 Å². The second kappa shape index (κ2) is 7.47. The van der Waals surface area contributed by atoms with Gasteiger partial charge in [0.15, 0.2) is 10.7 Å². The lowest BCUT2D eigenvalue weighted by molar-refractivity contribution is 0.436. The predicted molar refractivity (Wildman–Crippen MR) is 102 cm³/mol. The zero-order valence-electron chi connectivity index (χ0n) is 13.6. The standard InChI is InChI=1S/C19H15BrO4S/c1-12-11-16(21)19(24-17-6-4-3-5-15(17)20)18(23-12)13-7-9-14(10-8-13)25(2)22/h3-11H,1-2H3. The van der Waals surface area contributed by atoms with Crippen molar-refractivity contribution in [1.29, 1.82) is 0 Å². The van der Waals surface area contributed by atoms with Crippen LogP contribution < -0.4 is 10.2 Å². The molecule has 0 N–H and O–H groups in total. The minimum Gasteiger partial charge on any atom is -0.612 e. The number of benzene rings is 2. The predicted octanol–water partition coefficient (Wildman–Crippen LogP) is 4.91. The average molecular weight is 419 g/mol. The topological polar surface area (TPSA) is 62.5 Å². The molecule has 128 valence electrons. The van der Waals surface area contributed by atoms with Crippen LogP contribution in [-0.4, -0.2) is 10.8 Å². The summed E-state index contributed by atoms with van der Waals surface area (Å²) in [6, 6.07) is 15.7. The number of hydrogen-bond donors (Lipinski definition) is 0. The maximum absolute atomic E-state index is 12.5. The molecule has 0 aliphatic rings. The van der Waals surface area contributed by atoms with Crippen LogP contribution in [-0.2, 0) is 11.2 Å². The quantitative estimate of drug-likeness (QED) is 0.564. The Labute approximate surface area is 156 Å². The van der Waals surface area contributed by atoms with E-state index in [-0.39, 0.29) is 11.2 Å². The van der Waals surface area contributed by atoms with Gasteiger partial charge in [-0.05, 0) is 70.4 Å². The van der Waals surface area contributed by atoms with Crippen LogP contribution in [0.5, 0.6) is 11.5 Å². The molecular weight excluding hydrogens is 404 g/mol. The van der Waals surface area contributed by atoms with Gasteiger partial charge < -0.3 is 13.7 Å². The van der Waals surface area contributed by atoms with Crippen molar-refractivity contribution in [2.75, 3.05) is 6.26 Å². The molecule has 0 aliphatic carbocycles. The van der Waals surface area contributed by atoms with Crippen LogP contribution >= 0.6 is 15.9 Å². The van der Waals surface area contributed by atoms with Gasteiger partial charge in [0.05, 0.1) is 4.47 Å². The highest BCUT2D eigenvalue weighted by molar-refractivity contribution is 9.10. The Hall–Kier alpha value is -2.02. The van der Waals surface area contributed by atoms with E-state index in [4.69, 9.17) is 9.15 Å². The van der Waals surface area contributed by atoms with Crippen molar-refractivity contribution in [3.8, 4) is 22.8 Å². The third kappa shape index (κ3) is 3.98. The number of aryl methyl sites for hydroxylation is 1. The second-order valence-corrected chi connectivity index (χ2v) is 7.62. The van der Waals surface area contributed by atoms with Gasteiger partial charge in [-0.2, -0.15) is 0 Å². The van der Waals surface area contributed by atoms with Crippen molar-refractivity contribution in [3.05, 3.63) is 75.1 Å². The lowest BCUT2D eigenvalue weighted by atomic mass is 10.1. The van der Waals surface area contributed by atoms with Gasteiger partial charge in [-0.1, -0.05) is 12.1 Å². The van der Waals surface area contributed by atoms with Crippen LogP contribution in [0, 0.1) is 6.92 Å². The SMILES string of the molecule is Cc1cc(=O)c(Oc2ccccc2Br)c(-c2ccc([S+](C)[O-])cc2)o1. The molecule has 0 radical (unpaired) electrons. The van der Waals surface area contributed by atoms with E-state index in [0.717, 1.165) is 4.47 Å². The summed E-state index contributed by atoms with van der Waals surface area (Å²) in [5, 5.41) is 0. The summed E-state index contributed by atoms with van der Waals surface area (Å²) >= 11 is 2.34. The Balaban J connectivity index is 2.10. The van der Waals surface area contributed by atoms with Crippen molar-refractivity contribution < 1.29 is 13.7 Å². The summed E-state index contributed by atoms with van der Waals surface area (Å²) < 4.78 is 23.9. The largest absolute Gasteiger partial charge is 0.612 e. The highest BCUT2D eigenvalue weighted by Crippen LogP contribution is 2.34. The lowest BCUT2D eigenvalue weighted by Gasteiger charge is -2.12. The third-order valence-corrected chi connectivity index (χ3v) is 5.12. The van der Waals surface area contributed by atoms with E-state index in [9.17, 15) is 9.35 Å². The number of ether oxygens (including phenoxy) is 1. The van der Waals surface area contributed by atoms with Gasteiger partial charge in [0.25, 0.3) is 0 Å². The van der Waals surface area contributed by atoms with Crippen molar-refractivity contribution in [2.24, 2.45) is 0 Å². The van der Waals surface area contributed by atoms with E-state index >= 15 is 0 Å². The smallest absolute Gasteiger partial charge is 0.228 e. The van der Waals surface area contributed by atoms with Crippen LogP contribution in [0.25, 0.3) is 11.3 Å². The fourth-order valence-corrected chi connectivity index (χ4v) is 3.21. The molecule has 1 atom stereocenters. The summed E-state index contributed by atoms with van der Waals surface area (Å²) in [7, 11) is 0. The highest BCUT2D eigenvalue weighted by Gasteiger charge is 2.17. The fraction of sp³-hybridized carbons (Fsp3) is 0.105. The molecule has 1 aromatic heterocycles. The number of rotatable bonds is 4. The van der Waals surface area contributed by atoms with Gasteiger partial charge in [-0.15, -0.1) is 0 Å². The molecule has 0 spiro atoms. The van der Waals surface area contributed by atoms with E-state index in [2.05, 4.69) is 15.9 Å². The molecule has 0 bridgehead atoms. The summed E-state index contributed by atoms with van der Waals surface area (Å²) in [4.78, 5) is 13.2. The molecular formula is C19H15BrO4S. The van der Waals surface area contributed by atoms with Crippen LogP contribution in [0.4, 0.5) is 0 Å². The first-order valence-corrected chi connectivity index (χ1v) is 9.82. The maximum atomic E-state index is 12.5. The van der Waals surface area contributed by atoms with Crippen LogP contribution in [0.3, 0.4) is 0 Å². The number of hydrogen-bond acceptors (Lipinski definition) is 4. The molecule has 0 aliphatic heterocycles. The molecule has 4 nitrogen and oxygen atoms in total. The van der Waals surface area contributed by atoms with Gasteiger partial charge >= 0.3 is 0 Å². The molecule has 3 aromatic rings. The lowest BCUT2D eigenvalue weighted by Crippen LogP contribution is -2.06. The number of para-hydroxylation sites is 1. The normalized spacial score (nSPS) is 12.0. The summed E-state index contributed by atoms with van der Waals surface area (Å²) in [6.07, 6.45) is 1.61. The molecule has 0 fully saturated rings. The monoisotopic (exact) mass is 418 g/mol. The van der Waals surface area contributed by atoms with Crippen LogP contribution in [0.15, 0.2) is 73.2 Å². The molecule has 1 heterocycles. The van der Waals surface area contributed by atoms with Crippen molar-refractivity contribution in [3.63, 3.8) is 0 Å². The number of halogens is 1. The van der Waals surface area contributed by atoms with E-state index in [1.807, 2.05) is 18.2 Å². The average Bonchev–Trinajstić information content (AvgIpc) is 2.58. The first-order chi connectivity index (χ1) is 12.0. The molecule has 0 saturated carbocycles. The van der Waals surface area contributed by atoms with Gasteiger partial charge in [0.2, 0.25) is 11.2 Å². The van der Waals surface area contributed by atoms with E-state index in [1.165, 1.54) is 6.07 Å². The minimum absolute atomic E-state index is 0.114. The minimum atomic E-state index is -1.07. The molecule has 0 saturated heterocycles. The molecule has 2 aromatic carbocycles. The third-order valence-electron chi connectivity index (χ3n) is 3.52. The summed E-state index contributed by atoms with van der Waals surface area (Å²) in [5.74, 6) is 1.46. The second-order valence-electron chi connectivity index (χ2n) is 5.39. The molecule has 6 heteroatoms. The van der Waals surface area contributed by atoms with Gasteiger partial charge in [0, 0.05) is 11.6 Å². The maximum Gasteiger partial charge on any atom is 0.228 e. The molecule has 25 heavy (non-hydrogen) atoms. The van der Waals surface area contributed by atoms with Crippen LogP contribution in [0.1, 0.15) is 5.76 Å². The van der Waals surface area contributed by atoms with E-state index < -0.39 is 11.2 Å². The summed E-state index contributed by atoms with van der Waals surface area (Å²) in [5.41, 5.74) is 0.412. The fourth-order valence-electron chi connectivity index (χ4n) is 2.32. The Kier molecular flexibility index (Phi) is 5.32. The van der Waals surface area contributed by atoms with E-state index in [1.54, 1.807) is 43.5 Å². The van der Waals surface area contributed by atoms with Crippen molar-refractivity contribution in [2.45, 2.75) is 11.8 Å². The highest BCUT2D eigenvalue weighted by atomic mass is 79.9. The van der Waals surface area contributed by atoms with Crippen LogP contribution in [0.2, 0.25) is 0 Å². The van der Waals surface area contributed by atoms with Gasteiger partial charge in [0.1, 0.15) is 17.8 Å². The first kappa shape index (κ1) is 17.8. The first-order valence-electron chi connectivity index (χ1n) is 7.46. The Morgan fingerprint density at radius 3 is 2.44 bits per heavy atom.